The molecule has 0 bridgehead atoms. The van der Waals surface area contributed by atoms with Crippen molar-refractivity contribution in [1.29, 1.82) is 0 Å². The maximum Gasteiger partial charge on any atom is 0.259 e. The second-order valence-corrected chi connectivity index (χ2v) is 12.7. The summed E-state index contributed by atoms with van der Waals surface area (Å²) >= 11 is 0. The highest BCUT2D eigenvalue weighted by Crippen LogP contribution is 2.28. The summed E-state index contributed by atoms with van der Waals surface area (Å²) < 4.78 is 66.4. The molecule has 1 saturated heterocycles. The van der Waals surface area contributed by atoms with Gasteiger partial charge in [0.1, 0.15) is 6.04 Å². The van der Waals surface area contributed by atoms with Gasteiger partial charge in [-0.1, -0.05) is 36.4 Å². The van der Waals surface area contributed by atoms with Gasteiger partial charge in [0.2, 0.25) is 20.0 Å². The smallest absolute Gasteiger partial charge is 0.259 e. The van der Waals surface area contributed by atoms with Crippen LogP contribution in [0.2, 0.25) is 0 Å². The molecular weight excluding hydrogens is 556 g/mol. The molecule has 0 aliphatic carbocycles. The fourth-order valence-electron chi connectivity index (χ4n) is 4.27. The standard InChI is InChI=1S/C27H30N4O7S2/c1-20(21-14-15-25(37-2)26(18-21)38-3)28-29-27(32)24-19-30(39(33,34)22-10-6-4-7-11-22)16-17-31(24)40(35,36)23-12-8-5-9-13-23/h4-15,18,24H,16-17,19H2,1-3H3,(H,29,32)/b28-20-/t24-/m0/s1. The largest absolute Gasteiger partial charge is 0.493 e. The Kier molecular flexibility index (Phi) is 8.88. The number of amides is 1. The Bertz CT molecular complexity index is 1600. The molecular formula is C27H30N4O7S2. The van der Waals surface area contributed by atoms with Gasteiger partial charge in [-0.15, -0.1) is 0 Å². The van der Waals surface area contributed by atoms with Gasteiger partial charge in [0, 0.05) is 25.2 Å². The summed E-state index contributed by atoms with van der Waals surface area (Å²) in [6, 6.07) is 19.2. The second-order valence-electron chi connectivity index (χ2n) is 8.86. The van der Waals surface area contributed by atoms with Gasteiger partial charge in [0.15, 0.2) is 11.5 Å². The molecule has 0 radical (unpaired) electrons. The van der Waals surface area contributed by atoms with Crippen LogP contribution in [0.15, 0.2) is 93.8 Å². The van der Waals surface area contributed by atoms with Crippen molar-refractivity contribution in [2.24, 2.45) is 5.10 Å². The summed E-state index contributed by atoms with van der Waals surface area (Å²) in [5, 5.41) is 4.17. The molecule has 1 atom stereocenters. The Labute approximate surface area is 234 Å². The molecule has 212 valence electrons. The van der Waals surface area contributed by atoms with Gasteiger partial charge < -0.3 is 9.47 Å². The topological polar surface area (TPSA) is 135 Å². The van der Waals surface area contributed by atoms with Crippen LogP contribution in [0.1, 0.15) is 12.5 Å². The number of benzene rings is 3. The highest BCUT2D eigenvalue weighted by Gasteiger charge is 2.43. The number of hydrogen-bond donors (Lipinski definition) is 1. The van der Waals surface area contributed by atoms with E-state index in [1.165, 1.54) is 38.5 Å². The van der Waals surface area contributed by atoms with Gasteiger partial charge >= 0.3 is 0 Å². The molecule has 1 fully saturated rings. The van der Waals surface area contributed by atoms with Gasteiger partial charge in [0.05, 0.1) is 29.7 Å². The minimum atomic E-state index is -4.13. The van der Waals surface area contributed by atoms with Crippen molar-refractivity contribution < 1.29 is 31.1 Å². The average Bonchev–Trinajstić information content (AvgIpc) is 2.99. The van der Waals surface area contributed by atoms with Crippen molar-refractivity contribution in [2.75, 3.05) is 33.9 Å². The maximum atomic E-state index is 13.5. The Morgan fingerprint density at radius 1 is 0.825 bits per heavy atom. The first kappa shape index (κ1) is 29.2. The number of piperazine rings is 1. The molecule has 40 heavy (non-hydrogen) atoms. The lowest BCUT2D eigenvalue weighted by Crippen LogP contribution is -2.60. The third kappa shape index (κ3) is 6.02. The molecule has 1 amide bonds. The SMILES string of the molecule is COc1ccc(/C(C)=N\NC(=O)[C@@H]2CN(S(=O)(=O)c3ccccc3)CCN2S(=O)(=O)c2ccccc2)cc1OC. The summed E-state index contributed by atoms with van der Waals surface area (Å²) in [6.07, 6.45) is 0. The van der Waals surface area contributed by atoms with Crippen molar-refractivity contribution in [3.63, 3.8) is 0 Å². The van der Waals surface area contributed by atoms with Crippen LogP contribution in [-0.2, 0) is 24.8 Å². The van der Waals surface area contributed by atoms with E-state index in [2.05, 4.69) is 10.5 Å². The first-order valence-corrected chi connectivity index (χ1v) is 15.2. The van der Waals surface area contributed by atoms with Crippen LogP contribution in [0.5, 0.6) is 11.5 Å². The van der Waals surface area contributed by atoms with Crippen LogP contribution < -0.4 is 14.9 Å². The predicted molar refractivity (Wildman–Crippen MR) is 149 cm³/mol. The van der Waals surface area contributed by atoms with E-state index in [1.54, 1.807) is 61.5 Å². The van der Waals surface area contributed by atoms with Gasteiger partial charge in [-0.3, -0.25) is 4.79 Å². The molecule has 3 aromatic carbocycles. The van der Waals surface area contributed by atoms with Crippen LogP contribution in [0.3, 0.4) is 0 Å². The Morgan fingerprint density at radius 3 is 1.98 bits per heavy atom. The first-order valence-electron chi connectivity index (χ1n) is 12.3. The molecule has 1 heterocycles. The molecule has 0 unspecified atom stereocenters. The molecule has 13 heteroatoms. The zero-order chi connectivity index (χ0) is 28.9. The van der Waals surface area contributed by atoms with E-state index < -0.39 is 32.0 Å². The molecule has 1 aliphatic heterocycles. The number of hydrogen-bond acceptors (Lipinski definition) is 8. The van der Waals surface area contributed by atoms with E-state index >= 15 is 0 Å². The van der Waals surface area contributed by atoms with Crippen LogP contribution >= 0.6 is 0 Å². The van der Waals surface area contributed by atoms with Gasteiger partial charge in [0.25, 0.3) is 5.91 Å². The van der Waals surface area contributed by atoms with Crippen molar-refractivity contribution in [3.05, 3.63) is 84.4 Å². The summed E-state index contributed by atoms with van der Waals surface area (Å²) in [4.78, 5) is 13.5. The zero-order valence-corrected chi connectivity index (χ0v) is 23.9. The van der Waals surface area contributed by atoms with Crippen molar-refractivity contribution in [2.45, 2.75) is 22.8 Å². The number of sulfonamides is 2. The molecule has 0 spiro atoms. The minimum Gasteiger partial charge on any atom is -0.493 e. The number of nitrogens with one attached hydrogen (secondary N) is 1. The van der Waals surface area contributed by atoms with Gasteiger partial charge in [-0.2, -0.15) is 13.7 Å². The van der Waals surface area contributed by atoms with Crippen molar-refractivity contribution in [1.82, 2.24) is 14.0 Å². The lowest BCUT2D eigenvalue weighted by atomic mass is 10.1. The number of nitrogens with zero attached hydrogens (tertiary/aromatic N) is 3. The Hall–Kier alpha value is -3.78. The summed E-state index contributed by atoms with van der Waals surface area (Å²) in [7, 11) is -5.10. The van der Waals surface area contributed by atoms with Crippen LogP contribution in [-0.4, -0.2) is 77.0 Å². The normalized spacial score (nSPS) is 17.3. The van der Waals surface area contributed by atoms with Crippen molar-refractivity contribution in [3.8, 4) is 11.5 Å². The Balaban J connectivity index is 1.64. The van der Waals surface area contributed by atoms with E-state index in [9.17, 15) is 21.6 Å². The monoisotopic (exact) mass is 586 g/mol. The molecule has 1 N–H and O–H groups in total. The molecule has 4 rings (SSSR count). The molecule has 11 nitrogen and oxygen atoms in total. The number of hydrazone groups is 1. The third-order valence-electron chi connectivity index (χ3n) is 6.46. The number of ether oxygens (including phenoxy) is 2. The Morgan fingerprint density at radius 2 is 1.40 bits per heavy atom. The fraction of sp³-hybridized carbons (Fsp3) is 0.259. The fourth-order valence-corrected chi connectivity index (χ4v) is 7.32. The van der Waals surface area contributed by atoms with Gasteiger partial charge in [-0.05, 0) is 49.4 Å². The highest BCUT2D eigenvalue weighted by molar-refractivity contribution is 7.89. The lowest BCUT2D eigenvalue weighted by molar-refractivity contribution is -0.125. The quantitative estimate of drug-likeness (QED) is 0.300. The van der Waals surface area contributed by atoms with Gasteiger partial charge in [-0.25, -0.2) is 22.3 Å². The molecule has 0 saturated carbocycles. The van der Waals surface area contributed by atoms with E-state index in [-0.39, 0.29) is 29.4 Å². The third-order valence-corrected chi connectivity index (χ3v) is 10.3. The predicted octanol–water partition coefficient (Wildman–Crippen LogP) is 2.31. The van der Waals surface area contributed by atoms with E-state index in [4.69, 9.17) is 9.47 Å². The number of rotatable bonds is 9. The van der Waals surface area contributed by atoms with Crippen LogP contribution in [0, 0.1) is 0 Å². The molecule has 3 aromatic rings. The van der Waals surface area contributed by atoms with E-state index in [0.717, 1.165) is 8.61 Å². The summed E-state index contributed by atoms with van der Waals surface area (Å²) in [5.41, 5.74) is 3.47. The van der Waals surface area contributed by atoms with Crippen LogP contribution in [0.25, 0.3) is 0 Å². The average molecular weight is 587 g/mol. The van der Waals surface area contributed by atoms with E-state index in [1.807, 2.05) is 0 Å². The van der Waals surface area contributed by atoms with Crippen molar-refractivity contribution >= 4 is 31.7 Å². The number of carbonyl (C=O) groups is 1. The second kappa shape index (κ2) is 12.2. The molecule has 0 aromatic heterocycles. The lowest BCUT2D eigenvalue weighted by Gasteiger charge is -2.38. The minimum absolute atomic E-state index is 0.00261. The number of carbonyl (C=O) groups excluding carboxylic acids is 1. The molecule has 1 aliphatic rings. The number of methoxy groups -OCH3 is 2. The first-order chi connectivity index (χ1) is 19.1. The highest BCUT2D eigenvalue weighted by atomic mass is 32.2. The summed E-state index contributed by atoms with van der Waals surface area (Å²) in [5.74, 6) is 0.217. The zero-order valence-electron chi connectivity index (χ0n) is 22.2. The van der Waals surface area contributed by atoms with E-state index in [0.29, 0.717) is 22.8 Å². The summed E-state index contributed by atoms with van der Waals surface area (Å²) in [6.45, 7) is 0.924. The van der Waals surface area contributed by atoms with Crippen LogP contribution in [0.4, 0.5) is 0 Å². The maximum absolute atomic E-state index is 13.5.